The van der Waals surface area contributed by atoms with Gasteiger partial charge in [0, 0.05) is 24.3 Å². The Bertz CT molecular complexity index is 635. The van der Waals surface area contributed by atoms with Gasteiger partial charge < -0.3 is 10.6 Å². The van der Waals surface area contributed by atoms with Crippen LogP contribution in [0.5, 0.6) is 0 Å². The Balaban J connectivity index is 1.84. The molecule has 0 aromatic heterocycles. The molecule has 0 heterocycles. The largest absolute Gasteiger partial charge is 0.385 e. The van der Waals surface area contributed by atoms with Crippen molar-refractivity contribution in [3.63, 3.8) is 0 Å². The van der Waals surface area contributed by atoms with Gasteiger partial charge in [-0.05, 0) is 55.7 Å². The zero-order chi connectivity index (χ0) is 15.2. The second kappa shape index (κ2) is 6.93. The van der Waals surface area contributed by atoms with Gasteiger partial charge in [-0.1, -0.05) is 24.3 Å². The second-order valence-electron chi connectivity index (χ2n) is 5.41. The van der Waals surface area contributed by atoms with Crippen molar-refractivity contribution in [2.24, 2.45) is 0 Å². The molecule has 0 aliphatic carbocycles. The Hall–Kier alpha value is -2.29. The minimum absolute atomic E-state index is 0.0313. The van der Waals surface area contributed by atoms with Crippen molar-refractivity contribution in [2.75, 3.05) is 17.2 Å². The first-order chi connectivity index (χ1) is 10.0. The molecule has 0 bridgehead atoms. The summed E-state index contributed by atoms with van der Waals surface area (Å²) in [5.74, 6) is 0.0313. The molecule has 2 aromatic rings. The highest BCUT2D eigenvalue weighted by atomic mass is 16.1. The zero-order valence-corrected chi connectivity index (χ0v) is 12.9. The van der Waals surface area contributed by atoms with Crippen LogP contribution in [0.25, 0.3) is 0 Å². The van der Waals surface area contributed by atoms with E-state index in [-0.39, 0.29) is 5.91 Å². The number of anilines is 2. The number of amides is 1. The Morgan fingerprint density at radius 1 is 1.00 bits per heavy atom. The highest BCUT2D eigenvalue weighted by molar-refractivity contribution is 5.91. The maximum atomic E-state index is 12.0. The van der Waals surface area contributed by atoms with E-state index >= 15 is 0 Å². The number of hydrogen-bond acceptors (Lipinski definition) is 2. The lowest BCUT2D eigenvalue weighted by Crippen LogP contribution is -2.16. The first kappa shape index (κ1) is 15.1. The van der Waals surface area contributed by atoms with Gasteiger partial charge in [0.2, 0.25) is 5.91 Å². The topological polar surface area (TPSA) is 41.1 Å². The van der Waals surface area contributed by atoms with E-state index in [1.807, 2.05) is 44.2 Å². The third-order valence-electron chi connectivity index (χ3n) is 3.37. The molecule has 1 amide bonds. The van der Waals surface area contributed by atoms with Crippen LogP contribution >= 0.6 is 0 Å². The molecule has 3 heteroatoms. The lowest BCUT2D eigenvalue weighted by Gasteiger charge is -2.10. The van der Waals surface area contributed by atoms with E-state index in [4.69, 9.17) is 0 Å². The van der Waals surface area contributed by atoms with Crippen molar-refractivity contribution in [1.82, 2.24) is 0 Å². The molecule has 110 valence electrons. The monoisotopic (exact) mass is 282 g/mol. The van der Waals surface area contributed by atoms with Crippen molar-refractivity contribution in [3.05, 3.63) is 59.2 Å². The Kier molecular flexibility index (Phi) is 4.99. The normalized spacial score (nSPS) is 10.2. The predicted molar refractivity (Wildman–Crippen MR) is 88.8 cm³/mol. The average molecular weight is 282 g/mol. The summed E-state index contributed by atoms with van der Waals surface area (Å²) in [7, 11) is 0. The Morgan fingerprint density at radius 3 is 2.52 bits per heavy atom. The lowest BCUT2D eigenvalue weighted by molar-refractivity contribution is -0.115. The van der Waals surface area contributed by atoms with Crippen LogP contribution in [0.3, 0.4) is 0 Å². The van der Waals surface area contributed by atoms with Gasteiger partial charge in [-0.2, -0.15) is 0 Å². The van der Waals surface area contributed by atoms with Crippen LogP contribution in [0.1, 0.15) is 23.1 Å². The van der Waals surface area contributed by atoms with Gasteiger partial charge in [-0.15, -0.1) is 0 Å². The number of aryl methyl sites for hydroxylation is 3. The maximum absolute atomic E-state index is 12.0. The number of carbonyl (C=O) groups excluding carboxylic acids is 1. The number of nitrogens with one attached hydrogen (secondary N) is 2. The summed E-state index contributed by atoms with van der Waals surface area (Å²) in [5, 5.41) is 6.24. The minimum Gasteiger partial charge on any atom is -0.385 e. The van der Waals surface area contributed by atoms with Crippen molar-refractivity contribution >= 4 is 17.3 Å². The van der Waals surface area contributed by atoms with E-state index in [1.165, 1.54) is 5.56 Å². The van der Waals surface area contributed by atoms with Gasteiger partial charge in [0.1, 0.15) is 0 Å². The number of hydrogen-bond donors (Lipinski definition) is 2. The molecular formula is C18H22N2O. The van der Waals surface area contributed by atoms with Crippen molar-refractivity contribution < 1.29 is 4.79 Å². The molecule has 0 unspecified atom stereocenters. The standard InChI is InChI=1S/C18H22N2O/c1-13-5-4-6-16(11-13)19-10-9-18(21)20-17-12-14(2)7-8-15(17)3/h4-8,11-12,19H,9-10H2,1-3H3,(H,20,21). The Labute approximate surface area is 126 Å². The molecule has 2 aromatic carbocycles. The molecule has 21 heavy (non-hydrogen) atoms. The van der Waals surface area contributed by atoms with E-state index in [9.17, 15) is 4.79 Å². The molecule has 3 nitrogen and oxygen atoms in total. The van der Waals surface area contributed by atoms with E-state index in [2.05, 4.69) is 29.7 Å². The van der Waals surface area contributed by atoms with Gasteiger partial charge in [0.25, 0.3) is 0 Å². The first-order valence-electron chi connectivity index (χ1n) is 7.22. The minimum atomic E-state index is 0.0313. The van der Waals surface area contributed by atoms with Crippen LogP contribution in [-0.2, 0) is 4.79 Å². The van der Waals surface area contributed by atoms with Gasteiger partial charge in [0.05, 0.1) is 0 Å². The van der Waals surface area contributed by atoms with Crippen LogP contribution in [-0.4, -0.2) is 12.5 Å². The quantitative estimate of drug-likeness (QED) is 0.868. The molecule has 0 aliphatic heterocycles. The molecule has 0 atom stereocenters. The zero-order valence-electron chi connectivity index (χ0n) is 12.9. The van der Waals surface area contributed by atoms with E-state index in [1.54, 1.807) is 0 Å². The summed E-state index contributed by atoms with van der Waals surface area (Å²) in [6.45, 7) is 6.70. The third kappa shape index (κ3) is 4.63. The SMILES string of the molecule is Cc1cccc(NCCC(=O)Nc2cc(C)ccc2C)c1. The maximum Gasteiger partial charge on any atom is 0.226 e. The summed E-state index contributed by atoms with van der Waals surface area (Å²) >= 11 is 0. The van der Waals surface area contributed by atoms with Crippen LogP contribution < -0.4 is 10.6 Å². The summed E-state index contributed by atoms with van der Waals surface area (Å²) < 4.78 is 0. The molecule has 2 rings (SSSR count). The molecule has 0 fully saturated rings. The predicted octanol–water partition coefficient (Wildman–Crippen LogP) is 4.05. The molecule has 0 radical (unpaired) electrons. The number of benzene rings is 2. The second-order valence-corrected chi connectivity index (χ2v) is 5.41. The molecule has 0 aliphatic rings. The molecule has 0 spiro atoms. The highest BCUT2D eigenvalue weighted by Gasteiger charge is 2.05. The van der Waals surface area contributed by atoms with Crippen molar-refractivity contribution in [1.29, 1.82) is 0 Å². The highest BCUT2D eigenvalue weighted by Crippen LogP contribution is 2.16. The van der Waals surface area contributed by atoms with Gasteiger partial charge in [-0.3, -0.25) is 4.79 Å². The van der Waals surface area contributed by atoms with Crippen LogP contribution in [0, 0.1) is 20.8 Å². The average Bonchev–Trinajstić information content (AvgIpc) is 2.43. The fourth-order valence-electron chi connectivity index (χ4n) is 2.16. The fraction of sp³-hybridized carbons (Fsp3) is 0.278. The first-order valence-corrected chi connectivity index (χ1v) is 7.22. The van der Waals surface area contributed by atoms with Gasteiger partial charge in [0.15, 0.2) is 0 Å². The van der Waals surface area contributed by atoms with E-state index in [0.29, 0.717) is 13.0 Å². The lowest BCUT2D eigenvalue weighted by atomic mass is 10.1. The molecule has 2 N–H and O–H groups in total. The summed E-state index contributed by atoms with van der Waals surface area (Å²) in [6, 6.07) is 14.2. The summed E-state index contributed by atoms with van der Waals surface area (Å²) in [5.41, 5.74) is 5.39. The third-order valence-corrected chi connectivity index (χ3v) is 3.37. The Morgan fingerprint density at radius 2 is 1.76 bits per heavy atom. The van der Waals surface area contributed by atoms with Gasteiger partial charge >= 0.3 is 0 Å². The molecule has 0 saturated heterocycles. The van der Waals surface area contributed by atoms with Crippen LogP contribution in [0.4, 0.5) is 11.4 Å². The van der Waals surface area contributed by atoms with Crippen LogP contribution in [0.2, 0.25) is 0 Å². The fourth-order valence-corrected chi connectivity index (χ4v) is 2.16. The summed E-state index contributed by atoms with van der Waals surface area (Å²) in [4.78, 5) is 12.0. The molecular weight excluding hydrogens is 260 g/mol. The van der Waals surface area contributed by atoms with Crippen LogP contribution in [0.15, 0.2) is 42.5 Å². The molecule has 0 saturated carbocycles. The van der Waals surface area contributed by atoms with E-state index in [0.717, 1.165) is 22.5 Å². The van der Waals surface area contributed by atoms with Crippen molar-refractivity contribution in [2.45, 2.75) is 27.2 Å². The smallest absolute Gasteiger partial charge is 0.226 e. The van der Waals surface area contributed by atoms with E-state index < -0.39 is 0 Å². The van der Waals surface area contributed by atoms with Crippen molar-refractivity contribution in [3.8, 4) is 0 Å². The van der Waals surface area contributed by atoms with Gasteiger partial charge in [-0.25, -0.2) is 0 Å². The number of carbonyl (C=O) groups is 1. The summed E-state index contributed by atoms with van der Waals surface area (Å²) in [6.07, 6.45) is 0.446. The number of rotatable bonds is 5.